The molecule has 0 fully saturated rings. The zero-order chi connectivity index (χ0) is 24.7. The number of hydrogen-bond donors (Lipinski definition) is 2. The third kappa shape index (κ3) is 5.71. The summed E-state index contributed by atoms with van der Waals surface area (Å²) in [5.41, 5.74) is 1.59. The molecule has 0 aliphatic rings. The molecule has 0 aliphatic carbocycles. The van der Waals surface area contributed by atoms with E-state index in [1.54, 1.807) is 30.3 Å². The third-order valence-corrected chi connectivity index (χ3v) is 6.91. The van der Waals surface area contributed by atoms with E-state index in [2.05, 4.69) is 10.3 Å². The average molecular weight is 504 g/mol. The van der Waals surface area contributed by atoms with Crippen LogP contribution in [0, 0.1) is 0 Å². The number of amides is 2. The van der Waals surface area contributed by atoms with Crippen LogP contribution in [0.1, 0.15) is 21.6 Å². The van der Waals surface area contributed by atoms with Crippen LogP contribution >= 0.6 is 11.6 Å². The fourth-order valence-corrected chi connectivity index (χ4v) is 4.46. The van der Waals surface area contributed by atoms with Gasteiger partial charge in [-0.15, -0.1) is 0 Å². The lowest BCUT2D eigenvalue weighted by atomic mass is 10.1. The molecule has 0 aliphatic heterocycles. The molecular formula is C23H22ClN3O6S. The second-order valence-electron chi connectivity index (χ2n) is 7.07. The molecule has 1 heterocycles. The Morgan fingerprint density at radius 2 is 1.91 bits per heavy atom. The topological polar surface area (TPSA) is 126 Å². The van der Waals surface area contributed by atoms with Crippen molar-refractivity contribution >= 4 is 39.6 Å². The van der Waals surface area contributed by atoms with Gasteiger partial charge in [-0.05, 0) is 54.4 Å². The van der Waals surface area contributed by atoms with E-state index in [1.807, 2.05) is 0 Å². The Hall–Kier alpha value is -3.47. The number of carbonyl (C=O) groups is 2. The zero-order valence-electron chi connectivity index (χ0n) is 18.1. The van der Waals surface area contributed by atoms with E-state index in [-0.39, 0.29) is 29.5 Å². The van der Waals surface area contributed by atoms with Gasteiger partial charge >= 0.3 is 0 Å². The Morgan fingerprint density at radius 1 is 1.18 bits per heavy atom. The van der Waals surface area contributed by atoms with Gasteiger partial charge in [0.1, 0.15) is 5.75 Å². The number of carbonyl (C=O) groups excluding carboxylic acids is 2. The molecule has 2 aromatic carbocycles. The minimum atomic E-state index is -4.15. The van der Waals surface area contributed by atoms with E-state index in [4.69, 9.17) is 21.4 Å². The second-order valence-corrected chi connectivity index (χ2v) is 9.29. The molecule has 34 heavy (non-hydrogen) atoms. The van der Waals surface area contributed by atoms with Gasteiger partial charge in [-0.2, -0.15) is 0 Å². The predicted molar refractivity (Wildman–Crippen MR) is 126 cm³/mol. The molecule has 3 rings (SSSR count). The number of anilines is 1. The van der Waals surface area contributed by atoms with Gasteiger partial charge in [-0.25, -0.2) is 12.7 Å². The summed E-state index contributed by atoms with van der Waals surface area (Å²) < 4.78 is 31.5. The Labute approximate surface area is 202 Å². The van der Waals surface area contributed by atoms with E-state index in [0.717, 1.165) is 5.56 Å². The molecule has 0 spiro atoms. The highest BCUT2D eigenvalue weighted by Gasteiger charge is 2.25. The van der Waals surface area contributed by atoms with Crippen molar-refractivity contribution in [3.05, 3.63) is 82.6 Å². The first-order chi connectivity index (χ1) is 16.3. The second kappa shape index (κ2) is 11.1. The SMILES string of the molecule is COc1cc(C(=O)NCCc2ccc(S(=O)(=O)N(C=O)c3ccc(CO)nc3)cc2)ccc1Cl. The van der Waals surface area contributed by atoms with E-state index in [9.17, 15) is 18.0 Å². The largest absolute Gasteiger partial charge is 0.495 e. The average Bonchev–Trinajstić information content (AvgIpc) is 2.85. The summed E-state index contributed by atoms with van der Waals surface area (Å²) in [6.07, 6.45) is 1.85. The van der Waals surface area contributed by atoms with Crippen molar-refractivity contribution in [2.24, 2.45) is 0 Å². The quantitative estimate of drug-likeness (QED) is 0.407. The standard InChI is InChI=1S/C23H22ClN3O6S/c1-33-22-12-17(4-9-21(22)24)23(30)25-11-10-16-2-7-20(8-3-16)34(31,32)27(15-29)19-6-5-18(14-28)26-13-19/h2-9,12-13,15,28H,10-11,14H2,1H3,(H,25,30). The summed E-state index contributed by atoms with van der Waals surface area (Å²) in [6.45, 7) is 0.0170. The number of benzene rings is 2. The molecule has 11 heteroatoms. The summed E-state index contributed by atoms with van der Waals surface area (Å²) in [5, 5.41) is 12.3. The number of aromatic nitrogens is 1. The minimum Gasteiger partial charge on any atom is -0.495 e. The van der Waals surface area contributed by atoms with Gasteiger partial charge in [0.25, 0.3) is 15.9 Å². The highest BCUT2D eigenvalue weighted by molar-refractivity contribution is 7.93. The minimum absolute atomic E-state index is 0.0535. The van der Waals surface area contributed by atoms with Crippen LogP contribution in [0.15, 0.2) is 65.7 Å². The van der Waals surface area contributed by atoms with Crippen molar-refractivity contribution in [2.75, 3.05) is 18.0 Å². The molecule has 9 nitrogen and oxygen atoms in total. The van der Waals surface area contributed by atoms with Crippen molar-refractivity contribution in [2.45, 2.75) is 17.9 Å². The van der Waals surface area contributed by atoms with Gasteiger partial charge in [-0.3, -0.25) is 14.6 Å². The summed E-state index contributed by atoms with van der Waals surface area (Å²) in [7, 11) is -2.69. The molecular weight excluding hydrogens is 482 g/mol. The lowest BCUT2D eigenvalue weighted by molar-refractivity contribution is -0.106. The highest BCUT2D eigenvalue weighted by Crippen LogP contribution is 2.25. The Kier molecular flexibility index (Phi) is 8.21. The molecule has 0 radical (unpaired) electrons. The third-order valence-electron chi connectivity index (χ3n) is 4.91. The lowest BCUT2D eigenvalue weighted by Gasteiger charge is -2.17. The molecule has 0 atom stereocenters. The number of aliphatic hydroxyl groups excluding tert-OH is 1. The van der Waals surface area contributed by atoms with Crippen LogP contribution in [-0.4, -0.2) is 44.5 Å². The van der Waals surface area contributed by atoms with Crippen LogP contribution in [0.2, 0.25) is 5.02 Å². The molecule has 1 aromatic heterocycles. The van der Waals surface area contributed by atoms with Crippen LogP contribution in [-0.2, 0) is 27.8 Å². The van der Waals surface area contributed by atoms with Crippen molar-refractivity contribution in [1.29, 1.82) is 0 Å². The number of aliphatic hydroxyl groups is 1. The van der Waals surface area contributed by atoms with Gasteiger partial charge in [0, 0.05) is 12.1 Å². The van der Waals surface area contributed by atoms with Gasteiger partial charge in [-0.1, -0.05) is 23.7 Å². The van der Waals surface area contributed by atoms with Crippen molar-refractivity contribution in [1.82, 2.24) is 10.3 Å². The fourth-order valence-electron chi connectivity index (χ4n) is 3.06. The van der Waals surface area contributed by atoms with Crippen molar-refractivity contribution in [3.8, 4) is 5.75 Å². The molecule has 0 bridgehead atoms. The Morgan fingerprint density at radius 3 is 2.50 bits per heavy atom. The molecule has 178 valence electrons. The van der Waals surface area contributed by atoms with E-state index in [1.165, 1.54) is 37.6 Å². The van der Waals surface area contributed by atoms with Crippen LogP contribution in [0.25, 0.3) is 0 Å². The predicted octanol–water partition coefficient (Wildman–Crippen LogP) is 2.56. The first kappa shape index (κ1) is 25.2. The molecule has 0 saturated carbocycles. The summed E-state index contributed by atoms with van der Waals surface area (Å²) in [5.74, 6) is 0.104. The van der Waals surface area contributed by atoms with Crippen molar-refractivity contribution in [3.63, 3.8) is 0 Å². The number of ether oxygens (including phenoxy) is 1. The summed E-state index contributed by atoms with van der Waals surface area (Å²) in [6, 6.07) is 13.5. The summed E-state index contributed by atoms with van der Waals surface area (Å²) >= 11 is 5.97. The van der Waals surface area contributed by atoms with Crippen LogP contribution < -0.4 is 14.4 Å². The molecule has 3 aromatic rings. The molecule has 2 N–H and O–H groups in total. The Balaban J connectivity index is 1.64. The molecule has 0 unspecified atom stereocenters. The van der Waals surface area contributed by atoms with E-state index in [0.29, 0.717) is 39.3 Å². The van der Waals surface area contributed by atoms with Gasteiger partial charge in [0.2, 0.25) is 6.41 Å². The van der Waals surface area contributed by atoms with Crippen LogP contribution in [0.3, 0.4) is 0 Å². The number of rotatable bonds is 10. The number of pyridine rings is 1. The van der Waals surface area contributed by atoms with E-state index >= 15 is 0 Å². The maximum Gasteiger partial charge on any atom is 0.270 e. The van der Waals surface area contributed by atoms with Crippen LogP contribution in [0.4, 0.5) is 5.69 Å². The number of methoxy groups -OCH3 is 1. The number of nitrogens with zero attached hydrogens (tertiary/aromatic N) is 2. The number of halogens is 1. The fraction of sp³-hybridized carbons (Fsp3) is 0.174. The lowest BCUT2D eigenvalue weighted by Crippen LogP contribution is -2.29. The Bertz CT molecular complexity index is 1260. The smallest absolute Gasteiger partial charge is 0.270 e. The normalized spacial score (nSPS) is 11.0. The number of nitrogens with one attached hydrogen (secondary N) is 1. The molecule has 0 saturated heterocycles. The zero-order valence-corrected chi connectivity index (χ0v) is 19.7. The van der Waals surface area contributed by atoms with Gasteiger partial charge < -0.3 is 15.2 Å². The maximum absolute atomic E-state index is 12.9. The number of hydrogen-bond acceptors (Lipinski definition) is 7. The van der Waals surface area contributed by atoms with Gasteiger partial charge in [0.05, 0.1) is 41.2 Å². The monoisotopic (exact) mass is 503 g/mol. The van der Waals surface area contributed by atoms with E-state index < -0.39 is 10.0 Å². The summed E-state index contributed by atoms with van der Waals surface area (Å²) in [4.78, 5) is 27.7. The first-order valence-electron chi connectivity index (χ1n) is 10.1. The number of sulfonamides is 1. The van der Waals surface area contributed by atoms with Gasteiger partial charge in [0.15, 0.2) is 0 Å². The molecule has 2 amide bonds. The highest BCUT2D eigenvalue weighted by atomic mass is 35.5. The van der Waals surface area contributed by atoms with Crippen molar-refractivity contribution < 1.29 is 27.9 Å². The maximum atomic E-state index is 12.9. The first-order valence-corrected chi connectivity index (χ1v) is 11.9. The van der Waals surface area contributed by atoms with Crippen LogP contribution in [0.5, 0.6) is 5.75 Å².